The van der Waals surface area contributed by atoms with Gasteiger partial charge in [-0.05, 0) is 29.8 Å². The molecule has 7 heteroatoms. The topological polar surface area (TPSA) is 70.5 Å². The number of aliphatic hydroxyl groups excluding tert-OH is 1. The van der Waals surface area contributed by atoms with Crippen LogP contribution in [0.1, 0.15) is 17.2 Å². The van der Waals surface area contributed by atoms with Gasteiger partial charge in [0.2, 0.25) is 0 Å². The molecule has 0 aliphatic carbocycles. The summed E-state index contributed by atoms with van der Waals surface area (Å²) in [5.74, 6) is -4.44. The zero-order chi connectivity index (χ0) is 20.5. The maximum atomic E-state index is 13.8. The standard InChI is InChI=1S/C22H14F2N2O3/c23-16-7-6-15(12-17(16)24)26-19(13-8-10-25-11-9-13)18(21(28)22(26)29)20(27)14-4-2-1-3-5-14/h1-12,19,27H/b20-18+. The lowest BCUT2D eigenvalue weighted by Gasteiger charge is -2.25. The summed E-state index contributed by atoms with van der Waals surface area (Å²) in [5.41, 5.74) is 0.702. The minimum Gasteiger partial charge on any atom is -0.507 e. The number of aliphatic hydroxyl groups is 1. The number of rotatable bonds is 3. The highest BCUT2D eigenvalue weighted by atomic mass is 19.2. The van der Waals surface area contributed by atoms with E-state index < -0.39 is 29.4 Å². The number of benzene rings is 2. The Morgan fingerprint density at radius 2 is 1.62 bits per heavy atom. The Bertz CT molecular complexity index is 1130. The predicted molar refractivity (Wildman–Crippen MR) is 102 cm³/mol. The summed E-state index contributed by atoms with van der Waals surface area (Å²) in [6.07, 6.45) is 2.95. The number of hydrogen-bond donors (Lipinski definition) is 1. The van der Waals surface area contributed by atoms with Crippen LogP contribution < -0.4 is 4.90 Å². The third kappa shape index (κ3) is 3.16. The quantitative estimate of drug-likeness (QED) is 0.416. The van der Waals surface area contributed by atoms with E-state index in [1.54, 1.807) is 42.5 Å². The van der Waals surface area contributed by atoms with E-state index in [9.17, 15) is 23.5 Å². The molecule has 1 saturated heterocycles. The van der Waals surface area contributed by atoms with E-state index in [2.05, 4.69) is 4.98 Å². The number of hydrogen-bond acceptors (Lipinski definition) is 4. The highest BCUT2D eigenvalue weighted by molar-refractivity contribution is 6.51. The molecule has 0 spiro atoms. The smallest absolute Gasteiger partial charge is 0.300 e. The minimum atomic E-state index is -1.15. The van der Waals surface area contributed by atoms with Gasteiger partial charge in [0.15, 0.2) is 11.6 Å². The largest absolute Gasteiger partial charge is 0.507 e. The number of anilines is 1. The first kappa shape index (κ1) is 18.5. The zero-order valence-electron chi connectivity index (χ0n) is 14.9. The monoisotopic (exact) mass is 392 g/mol. The summed E-state index contributed by atoms with van der Waals surface area (Å²) >= 11 is 0. The van der Waals surface area contributed by atoms with Crippen LogP contribution in [0.2, 0.25) is 0 Å². The van der Waals surface area contributed by atoms with Crippen molar-refractivity contribution in [2.24, 2.45) is 0 Å². The summed E-state index contributed by atoms with van der Waals surface area (Å²) in [6, 6.07) is 13.4. The summed E-state index contributed by atoms with van der Waals surface area (Å²) in [5, 5.41) is 10.8. The number of Topliss-reactive ketones (excluding diaryl/α,β-unsaturated/α-hetero) is 1. The first-order chi connectivity index (χ1) is 14.0. The molecule has 5 nitrogen and oxygen atoms in total. The van der Waals surface area contributed by atoms with Gasteiger partial charge in [0.25, 0.3) is 11.7 Å². The van der Waals surface area contributed by atoms with E-state index in [1.165, 1.54) is 18.5 Å². The number of ketones is 1. The van der Waals surface area contributed by atoms with Gasteiger partial charge in [0.05, 0.1) is 11.6 Å². The molecule has 144 valence electrons. The van der Waals surface area contributed by atoms with Gasteiger partial charge in [-0.1, -0.05) is 30.3 Å². The van der Waals surface area contributed by atoms with Gasteiger partial charge in [0.1, 0.15) is 5.76 Å². The highest BCUT2D eigenvalue weighted by Crippen LogP contribution is 2.42. The molecule has 1 N–H and O–H groups in total. The fraction of sp³-hybridized carbons (Fsp3) is 0.0455. The Balaban J connectivity index is 1.95. The van der Waals surface area contributed by atoms with Gasteiger partial charge in [0, 0.05) is 29.7 Å². The molecule has 1 unspecified atom stereocenters. The third-order valence-corrected chi connectivity index (χ3v) is 4.69. The molecule has 1 amide bonds. The number of carbonyl (C=O) groups is 2. The molecule has 1 atom stereocenters. The average molecular weight is 392 g/mol. The molecule has 1 aliphatic rings. The van der Waals surface area contributed by atoms with Crippen LogP contribution in [0, 0.1) is 11.6 Å². The summed E-state index contributed by atoms with van der Waals surface area (Å²) < 4.78 is 27.2. The molecule has 2 aromatic carbocycles. The Morgan fingerprint density at radius 1 is 0.931 bits per heavy atom. The number of aromatic nitrogens is 1. The van der Waals surface area contributed by atoms with E-state index in [-0.39, 0.29) is 17.0 Å². The van der Waals surface area contributed by atoms with Crippen LogP contribution in [0.25, 0.3) is 5.76 Å². The highest BCUT2D eigenvalue weighted by Gasteiger charge is 2.47. The maximum Gasteiger partial charge on any atom is 0.300 e. The Labute approximate surface area is 164 Å². The third-order valence-electron chi connectivity index (χ3n) is 4.69. The van der Waals surface area contributed by atoms with Gasteiger partial charge in [-0.2, -0.15) is 0 Å². The van der Waals surface area contributed by atoms with Crippen LogP contribution in [-0.2, 0) is 9.59 Å². The van der Waals surface area contributed by atoms with E-state index >= 15 is 0 Å². The lowest BCUT2D eigenvalue weighted by atomic mass is 9.96. The van der Waals surface area contributed by atoms with E-state index in [0.717, 1.165) is 17.0 Å². The molecular weight excluding hydrogens is 378 g/mol. The second kappa shape index (κ2) is 7.27. The summed E-state index contributed by atoms with van der Waals surface area (Å²) in [4.78, 5) is 30.7. The molecule has 1 aromatic heterocycles. The van der Waals surface area contributed by atoms with Crippen LogP contribution in [-0.4, -0.2) is 21.8 Å². The second-order valence-corrected chi connectivity index (χ2v) is 6.41. The molecule has 0 radical (unpaired) electrons. The van der Waals surface area contributed by atoms with E-state index in [0.29, 0.717) is 11.1 Å². The molecular formula is C22H14F2N2O3. The van der Waals surface area contributed by atoms with Crippen molar-refractivity contribution in [3.05, 3.63) is 101 Å². The normalized spacial score (nSPS) is 18.3. The zero-order valence-corrected chi connectivity index (χ0v) is 14.9. The van der Waals surface area contributed by atoms with Crippen LogP contribution >= 0.6 is 0 Å². The fourth-order valence-electron chi connectivity index (χ4n) is 3.35. The minimum absolute atomic E-state index is 0.0000704. The van der Waals surface area contributed by atoms with Gasteiger partial charge in [-0.3, -0.25) is 19.5 Å². The molecule has 3 aromatic rings. The van der Waals surface area contributed by atoms with E-state index in [1.807, 2.05) is 0 Å². The van der Waals surface area contributed by atoms with Crippen LogP contribution in [0.15, 0.2) is 78.6 Å². The van der Waals surface area contributed by atoms with Crippen molar-refractivity contribution < 1.29 is 23.5 Å². The number of pyridine rings is 1. The molecule has 1 fully saturated rings. The Kier molecular flexibility index (Phi) is 4.64. The van der Waals surface area contributed by atoms with Gasteiger partial charge < -0.3 is 5.11 Å². The molecule has 0 saturated carbocycles. The predicted octanol–water partition coefficient (Wildman–Crippen LogP) is 3.99. The Morgan fingerprint density at radius 3 is 2.28 bits per heavy atom. The number of carbonyl (C=O) groups excluding carboxylic acids is 2. The molecule has 29 heavy (non-hydrogen) atoms. The summed E-state index contributed by atoms with van der Waals surface area (Å²) in [6.45, 7) is 0. The number of amides is 1. The van der Waals surface area contributed by atoms with Gasteiger partial charge in [-0.25, -0.2) is 8.78 Å². The average Bonchev–Trinajstić information content (AvgIpc) is 3.02. The van der Waals surface area contributed by atoms with Crippen molar-refractivity contribution in [3.8, 4) is 0 Å². The number of halogens is 2. The van der Waals surface area contributed by atoms with Crippen molar-refractivity contribution in [1.82, 2.24) is 4.98 Å². The number of nitrogens with zero attached hydrogens (tertiary/aromatic N) is 2. The molecule has 2 heterocycles. The lowest BCUT2D eigenvalue weighted by Crippen LogP contribution is -2.29. The first-order valence-corrected chi connectivity index (χ1v) is 8.70. The van der Waals surface area contributed by atoms with Gasteiger partial charge in [-0.15, -0.1) is 0 Å². The van der Waals surface area contributed by atoms with Crippen molar-refractivity contribution in [2.75, 3.05) is 4.90 Å². The second-order valence-electron chi connectivity index (χ2n) is 6.41. The fourth-order valence-corrected chi connectivity index (χ4v) is 3.35. The van der Waals surface area contributed by atoms with Crippen molar-refractivity contribution >= 4 is 23.1 Å². The van der Waals surface area contributed by atoms with Crippen LogP contribution in [0.3, 0.4) is 0 Å². The van der Waals surface area contributed by atoms with Crippen molar-refractivity contribution in [1.29, 1.82) is 0 Å². The Hall–Kier alpha value is -3.87. The van der Waals surface area contributed by atoms with Crippen LogP contribution in [0.4, 0.5) is 14.5 Å². The summed E-state index contributed by atoms with van der Waals surface area (Å²) in [7, 11) is 0. The van der Waals surface area contributed by atoms with Gasteiger partial charge >= 0.3 is 0 Å². The lowest BCUT2D eigenvalue weighted by molar-refractivity contribution is -0.132. The van der Waals surface area contributed by atoms with Crippen molar-refractivity contribution in [2.45, 2.75) is 6.04 Å². The van der Waals surface area contributed by atoms with Crippen molar-refractivity contribution in [3.63, 3.8) is 0 Å². The maximum absolute atomic E-state index is 13.8. The molecule has 1 aliphatic heterocycles. The first-order valence-electron chi connectivity index (χ1n) is 8.70. The molecule has 4 rings (SSSR count). The molecule has 0 bridgehead atoms. The van der Waals surface area contributed by atoms with Crippen LogP contribution in [0.5, 0.6) is 0 Å². The SMILES string of the molecule is O=C1C(=O)N(c2ccc(F)c(F)c2)C(c2ccncc2)/C1=C(\O)c1ccccc1. The van der Waals surface area contributed by atoms with E-state index in [4.69, 9.17) is 0 Å².